The Kier molecular flexibility index (Phi) is 5.72. The molecule has 7 nitrogen and oxygen atoms in total. The van der Waals surface area contributed by atoms with E-state index in [-0.39, 0.29) is 17.4 Å². The molecule has 4 aromatic rings. The summed E-state index contributed by atoms with van der Waals surface area (Å²) in [5.41, 5.74) is 4.99. The predicted molar refractivity (Wildman–Crippen MR) is 147 cm³/mol. The second-order valence-corrected chi connectivity index (χ2v) is 10.8. The molecule has 0 aliphatic carbocycles. The molecule has 38 heavy (non-hydrogen) atoms. The van der Waals surface area contributed by atoms with Crippen molar-refractivity contribution in [3.8, 4) is 11.5 Å². The molecule has 0 bridgehead atoms. The van der Waals surface area contributed by atoms with Gasteiger partial charge >= 0.3 is 5.91 Å². The molecule has 0 radical (unpaired) electrons. The first kappa shape index (κ1) is 24.2. The van der Waals surface area contributed by atoms with Gasteiger partial charge in [-0.25, -0.2) is 4.98 Å². The van der Waals surface area contributed by atoms with E-state index in [0.717, 1.165) is 32.7 Å². The van der Waals surface area contributed by atoms with Gasteiger partial charge in [0.25, 0.3) is 5.78 Å². The number of hydrogen-bond donors (Lipinski definition) is 1. The van der Waals surface area contributed by atoms with Gasteiger partial charge in [-0.05, 0) is 79.4 Å². The molecular weight excluding hydrogens is 500 g/mol. The van der Waals surface area contributed by atoms with E-state index in [4.69, 9.17) is 14.5 Å². The first-order valence-corrected chi connectivity index (χ1v) is 13.2. The Labute approximate surface area is 224 Å². The Bertz CT molecular complexity index is 1650. The van der Waals surface area contributed by atoms with Gasteiger partial charge in [0.05, 0.1) is 28.9 Å². The zero-order valence-corrected chi connectivity index (χ0v) is 22.3. The van der Waals surface area contributed by atoms with Gasteiger partial charge in [0.2, 0.25) is 0 Å². The Morgan fingerprint density at radius 2 is 1.87 bits per heavy atom. The third-order valence-electron chi connectivity index (χ3n) is 7.07. The van der Waals surface area contributed by atoms with Crippen molar-refractivity contribution in [2.75, 3.05) is 12.0 Å². The van der Waals surface area contributed by atoms with E-state index in [0.29, 0.717) is 28.4 Å². The highest BCUT2D eigenvalue weighted by atomic mass is 32.1. The number of hydrogen-bond acceptors (Lipinski definition) is 7. The number of aliphatic hydroxyl groups is 1. The van der Waals surface area contributed by atoms with Crippen molar-refractivity contribution < 1.29 is 24.2 Å². The number of Topliss-reactive ketones (excluding diaryl/α,β-unsaturated/α-hetero) is 1. The zero-order chi connectivity index (χ0) is 26.7. The molecular formula is C30H26N2O5S. The Hall–Kier alpha value is -4.17. The summed E-state index contributed by atoms with van der Waals surface area (Å²) in [7, 11) is 1.57. The summed E-state index contributed by atoms with van der Waals surface area (Å²) in [5, 5.41) is 11.9. The third-order valence-corrected chi connectivity index (χ3v) is 8.07. The quantitative estimate of drug-likeness (QED) is 0.203. The molecule has 6 rings (SSSR count). The van der Waals surface area contributed by atoms with Crippen LogP contribution in [0.2, 0.25) is 0 Å². The van der Waals surface area contributed by atoms with E-state index in [1.807, 2.05) is 39.0 Å². The monoisotopic (exact) mass is 526 g/mol. The number of aryl methyl sites for hydroxylation is 2. The van der Waals surface area contributed by atoms with Gasteiger partial charge in [0, 0.05) is 12.0 Å². The fourth-order valence-electron chi connectivity index (χ4n) is 5.32. The van der Waals surface area contributed by atoms with Crippen LogP contribution in [0, 0.1) is 13.8 Å². The van der Waals surface area contributed by atoms with Gasteiger partial charge in [-0.1, -0.05) is 29.5 Å². The van der Waals surface area contributed by atoms with Crippen molar-refractivity contribution in [3.05, 3.63) is 88.0 Å². The van der Waals surface area contributed by atoms with Crippen LogP contribution in [0.5, 0.6) is 11.5 Å². The van der Waals surface area contributed by atoms with Gasteiger partial charge in [-0.15, -0.1) is 0 Å². The first-order valence-electron chi connectivity index (χ1n) is 12.4. The maximum atomic E-state index is 13.6. The second kappa shape index (κ2) is 8.99. The summed E-state index contributed by atoms with van der Waals surface area (Å²) in [4.78, 5) is 33.3. The van der Waals surface area contributed by atoms with Crippen molar-refractivity contribution in [2.24, 2.45) is 0 Å². The molecule has 2 atom stereocenters. The van der Waals surface area contributed by atoms with Gasteiger partial charge in [0.15, 0.2) is 5.13 Å². The van der Waals surface area contributed by atoms with Crippen LogP contribution in [0.4, 0.5) is 5.13 Å². The lowest BCUT2D eigenvalue weighted by Gasteiger charge is -2.23. The number of amides is 1. The Morgan fingerprint density at radius 1 is 1.11 bits per heavy atom. The number of fused-ring (bicyclic) bond motifs is 2. The average molecular weight is 527 g/mol. The third kappa shape index (κ3) is 3.83. The lowest BCUT2D eigenvalue weighted by atomic mass is 9.94. The molecule has 1 amide bonds. The SMILES string of the molecule is COc1ccc([C@@H]2C(=C(O)c3ccc4c(c3)C[C@@H](C)O4)C(=O)C(=O)N2c2nc3c(C)cc(C)cc3s2)cc1. The fourth-order valence-corrected chi connectivity index (χ4v) is 6.49. The number of ketones is 1. The van der Waals surface area contributed by atoms with E-state index < -0.39 is 17.7 Å². The number of thiazole rings is 1. The highest BCUT2D eigenvalue weighted by Gasteiger charge is 2.48. The fraction of sp³-hybridized carbons (Fsp3) is 0.233. The van der Waals surface area contributed by atoms with Gasteiger partial charge in [0.1, 0.15) is 23.4 Å². The van der Waals surface area contributed by atoms with Crippen molar-refractivity contribution in [2.45, 2.75) is 39.3 Å². The second-order valence-electron chi connectivity index (χ2n) is 9.82. The molecule has 1 saturated heterocycles. The van der Waals surface area contributed by atoms with Crippen LogP contribution in [-0.4, -0.2) is 35.0 Å². The minimum Gasteiger partial charge on any atom is -0.507 e. The minimum atomic E-state index is -0.855. The van der Waals surface area contributed by atoms with E-state index in [1.54, 1.807) is 43.5 Å². The molecule has 0 spiro atoms. The molecule has 2 aliphatic heterocycles. The van der Waals surface area contributed by atoms with E-state index in [2.05, 4.69) is 0 Å². The van der Waals surface area contributed by atoms with E-state index in [1.165, 1.54) is 16.2 Å². The van der Waals surface area contributed by atoms with Crippen LogP contribution in [0.1, 0.15) is 40.8 Å². The molecule has 0 saturated carbocycles. The number of anilines is 1. The minimum absolute atomic E-state index is 0.0271. The molecule has 8 heteroatoms. The number of nitrogens with zero attached hydrogens (tertiary/aromatic N) is 2. The lowest BCUT2D eigenvalue weighted by molar-refractivity contribution is -0.132. The molecule has 3 aromatic carbocycles. The van der Waals surface area contributed by atoms with Gasteiger partial charge in [-0.3, -0.25) is 14.5 Å². The highest BCUT2D eigenvalue weighted by Crippen LogP contribution is 2.45. The lowest BCUT2D eigenvalue weighted by Crippen LogP contribution is -2.29. The van der Waals surface area contributed by atoms with E-state index in [9.17, 15) is 14.7 Å². The number of carbonyl (C=O) groups is 2. The van der Waals surface area contributed by atoms with Crippen molar-refractivity contribution >= 4 is 44.1 Å². The zero-order valence-electron chi connectivity index (χ0n) is 21.4. The number of methoxy groups -OCH3 is 1. The average Bonchev–Trinajstić information content (AvgIpc) is 3.56. The number of aliphatic hydroxyl groups excluding tert-OH is 1. The topological polar surface area (TPSA) is 89.0 Å². The summed E-state index contributed by atoms with van der Waals surface area (Å²) < 4.78 is 12.0. The largest absolute Gasteiger partial charge is 0.507 e. The molecule has 1 N–H and O–H groups in total. The van der Waals surface area contributed by atoms with Gasteiger partial charge in [-0.2, -0.15) is 0 Å². The molecule has 3 heterocycles. The van der Waals surface area contributed by atoms with Crippen LogP contribution >= 0.6 is 11.3 Å². The van der Waals surface area contributed by atoms with Crippen LogP contribution in [-0.2, 0) is 16.0 Å². The smallest absolute Gasteiger partial charge is 0.301 e. The van der Waals surface area contributed by atoms with Crippen molar-refractivity contribution in [1.29, 1.82) is 0 Å². The number of rotatable bonds is 4. The van der Waals surface area contributed by atoms with E-state index >= 15 is 0 Å². The van der Waals surface area contributed by atoms with Crippen molar-refractivity contribution in [1.82, 2.24) is 4.98 Å². The summed E-state index contributed by atoms with van der Waals surface area (Å²) >= 11 is 1.36. The van der Waals surface area contributed by atoms with Gasteiger partial charge < -0.3 is 14.6 Å². The summed E-state index contributed by atoms with van der Waals surface area (Å²) in [6.45, 7) is 5.97. The number of carbonyl (C=O) groups excluding carboxylic acids is 2. The molecule has 192 valence electrons. The Morgan fingerprint density at radius 3 is 2.61 bits per heavy atom. The summed E-state index contributed by atoms with van der Waals surface area (Å²) in [6, 6.07) is 15.7. The number of aromatic nitrogens is 1. The standard InChI is InChI=1S/C30H26N2O5S/c1-15-11-16(2)25-23(12-15)38-30(31-25)32-26(18-5-8-21(36-4)9-6-18)24(28(34)29(32)35)27(33)19-7-10-22-20(14-19)13-17(3)37-22/h5-12,14,17,26,33H,13H2,1-4H3/t17-,26-/m1/s1. The van der Waals surface area contributed by atoms with Crippen molar-refractivity contribution in [3.63, 3.8) is 0 Å². The number of ether oxygens (including phenoxy) is 2. The molecule has 2 aliphatic rings. The van der Waals surface area contributed by atoms with Crippen LogP contribution in [0.15, 0.2) is 60.2 Å². The first-order chi connectivity index (χ1) is 18.2. The maximum absolute atomic E-state index is 13.6. The normalized spacial score (nSPS) is 20.2. The molecule has 1 aromatic heterocycles. The molecule has 0 unspecified atom stereocenters. The summed E-state index contributed by atoms with van der Waals surface area (Å²) in [6.07, 6.45) is 0.746. The number of benzene rings is 3. The maximum Gasteiger partial charge on any atom is 0.301 e. The Balaban J connectivity index is 1.54. The highest BCUT2D eigenvalue weighted by molar-refractivity contribution is 7.22. The van der Waals surface area contributed by atoms with Crippen LogP contribution < -0.4 is 14.4 Å². The molecule has 1 fully saturated rings. The van der Waals surface area contributed by atoms with Crippen LogP contribution in [0.3, 0.4) is 0 Å². The summed E-state index contributed by atoms with van der Waals surface area (Å²) in [5.74, 6) is -0.285. The predicted octanol–water partition coefficient (Wildman–Crippen LogP) is 5.87. The van der Waals surface area contributed by atoms with Crippen LogP contribution in [0.25, 0.3) is 16.0 Å².